The zero-order chi connectivity index (χ0) is 14.8. The summed E-state index contributed by atoms with van der Waals surface area (Å²) in [7, 11) is -3.29. The zero-order valence-electron chi connectivity index (χ0n) is 11.0. The van der Waals surface area contributed by atoms with Crippen molar-refractivity contribution in [2.45, 2.75) is 6.92 Å². The number of nitrogens with one attached hydrogen (secondary N) is 2. The summed E-state index contributed by atoms with van der Waals surface area (Å²) < 4.78 is 24.5. The average molecular weight is 312 g/mol. The van der Waals surface area contributed by atoms with Crippen LogP contribution in [-0.2, 0) is 10.0 Å². The summed E-state index contributed by atoms with van der Waals surface area (Å²) in [6, 6.07) is 8.92. The van der Waals surface area contributed by atoms with Crippen molar-refractivity contribution >= 4 is 38.8 Å². The van der Waals surface area contributed by atoms with Crippen LogP contribution in [0, 0.1) is 6.92 Å². The van der Waals surface area contributed by atoms with E-state index in [-0.39, 0.29) is 0 Å². The van der Waals surface area contributed by atoms with Gasteiger partial charge in [0.05, 0.1) is 18.1 Å². The van der Waals surface area contributed by atoms with Crippen LogP contribution in [0.3, 0.4) is 0 Å². The van der Waals surface area contributed by atoms with Gasteiger partial charge in [0.15, 0.2) is 0 Å². The molecule has 0 amide bonds. The number of anilines is 3. The molecule has 0 unspecified atom stereocenters. The van der Waals surface area contributed by atoms with E-state index in [9.17, 15) is 8.42 Å². The summed E-state index contributed by atoms with van der Waals surface area (Å²) in [5.74, 6) is 0.601. The van der Waals surface area contributed by atoms with Gasteiger partial charge in [-0.2, -0.15) is 0 Å². The van der Waals surface area contributed by atoms with Gasteiger partial charge in [0.2, 0.25) is 10.0 Å². The highest BCUT2D eigenvalue weighted by Gasteiger charge is 2.03. The third kappa shape index (κ3) is 4.11. The number of hydrogen-bond acceptors (Lipinski definition) is 4. The summed E-state index contributed by atoms with van der Waals surface area (Å²) in [6.45, 7) is 1.93. The molecule has 7 heteroatoms. The maximum Gasteiger partial charge on any atom is 0.229 e. The SMILES string of the molecule is Cc1ccc(Nc2ccc(NS(C)(=O)=O)cn2)cc1Cl. The van der Waals surface area contributed by atoms with E-state index < -0.39 is 10.0 Å². The number of halogens is 1. The normalized spacial score (nSPS) is 11.2. The lowest BCUT2D eigenvalue weighted by Gasteiger charge is -2.08. The molecular weight excluding hydrogens is 298 g/mol. The van der Waals surface area contributed by atoms with Crippen molar-refractivity contribution in [2.24, 2.45) is 0 Å². The van der Waals surface area contributed by atoms with Crippen molar-refractivity contribution in [1.29, 1.82) is 0 Å². The topological polar surface area (TPSA) is 71.1 Å². The molecule has 1 heterocycles. The fourth-order valence-electron chi connectivity index (χ4n) is 1.56. The summed E-state index contributed by atoms with van der Waals surface area (Å²) in [5, 5.41) is 3.76. The minimum absolute atomic E-state index is 0.417. The van der Waals surface area contributed by atoms with Crippen LogP contribution in [-0.4, -0.2) is 19.7 Å². The smallest absolute Gasteiger partial charge is 0.229 e. The van der Waals surface area contributed by atoms with Crippen LogP contribution < -0.4 is 10.0 Å². The van der Waals surface area contributed by atoms with Crippen molar-refractivity contribution < 1.29 is 8.42 Å². The largest absolute Gasteiger partial charge is 0.340 e. The molecule has 1 aromatic heterocycles. The monoisotopic (exact) mass is 311 g/mol. The lowest BCUT2D eigenvalue weighted by molar-refractivity contribution is 0.607. The summed E-state index contributed by atoms with van der Waals surface area (Å²) in [6.07, 6.45) is 2.53. The first kappa shape index (κ1) is 14.6. The number of sulfonamides is 1. The lowest BCUT2D eigenvalue weighted by Crippen LogP contribution is -2.09. The van der Waals surface area contributed by atoms with Gasteiger partial charge in [0.25, 0.3) is 0 Å². The first-order valence-corrected chi connectivity index (χ1v) is 8.07. The van der Waals surface area contributed by atoms with Gasteiger partial charge in [-0.25, -0.2) is 13.4 Å². The number of pyridine rings is 1. The summed E-state index contributed by atoms with van der Waals surface area (Å²) in [4.78, 5) is 4.13. The molecule has 0 spiro atoms. The van der Waals surface area contributed by atoms with Crippen LogP contribution in [0.5, 0.6) is 0 Å². The number of nitrogens with zero attached hydrogens (tertiary/aromatic N) is 1. The van der Waals surface area contributed by atoms with Crippen LogP contribution in [0.15, 0.2) is 36.5 Å². The predicted molar refractivity (Wildman–Crippen MR) is 82.2 cm³/mol. The molecule has 1 aromatic carbocycles. The third-order valence-electron chi connectivity index (χ3n) is 2.51. The van der Waals surface area contributed by atoms with Gasteiger partial charge < -0.3 is 5.32 Å². The number of aryl methyl sites for hydroxylation is 1. The minimum atomic E-state index is -3.29. The molecule has 2 aromatic rings. The Morgan fingerprint density at radius 2 is 1.85 bits per heavy atom. The molecule has 0 atom stereocenters. The van der Waals surface area contributed by atoms with Crippen molar-refractivity contribution in [3.05, 3.63) is 47.1 Å². The molecule has 0 fully saturated rings. The maximum atomic E-state index is 11.1. The van der Waals surface area contributed by atoms with E-state index in [0.717, 1.165) is 17.5 Å². The van der Waals surface area contributed by atoms with E-state index in [4.69, 9.17) is 11.6 Å². The first-order valence-electron chi connectivity index (χ1n) is 5.80. The van der Waals surface area contributed by atoms with Crippen LogP contribution in [0.2, 0.25) is 5.02 Å². The van der Waals surface area contributed by atoms with Crippen molar-refractivity contribution in [3.63, 3.8) is 0 Å². The Hall–Kier alpha value is -1.79. The van der Waals surface area contributed by atoms with Gasteiger partial charge in [0, 0.05) is 10.7 Å². The van der Waals surface area contributed by atoms with Crippen LogP contribution in [0.1, 0.15) is 5.56 Å². The highest BCUT2D eigenvalue weighted by molar-refractivity contribution is 7.92. The fraction of sp³-hybridized carbons (Fsp3) is 0.154. The quantitative estimate of drug-likeness (QED) is 0.910. The third-order valence-corrected chi connectivity index (χ3v) is 3.52. The molecule has 0 saturated carbocycles. The summed E-state index contributed by atoms with van der Waals surface area (Å²) >= 11 is 6.04. The van der Waals surface area contributed by atoms with Crippen LogP contribution >= 0.6 is 11.6 Å². The van der Waals surface area contributed by atoms with Crippen LogP contribution in [0.25, 0.3) is 0 Å². The first-order chi connectivity index (χ1) is 9.33. The standard InChI is InChI=1S/C13H14ClN3O2S/c1-9-3-4-10(7-12(9)14)16-13-6-5-11(8-15-13)17-20(2,18)19/h3-8,17H,1-2H3,(H,15,16). The second-order valence-corrected chi connectivity index (χ2v) is 6.55. The lowest BCUT2D eigenvalue weighted by atomic mass is 10.2. The zero-order valence-corrected chi connectivity index (χ0v) is 12.6. The average Bonchev–Trinajstić information content (AvgIpc) is 2.35. The Bertz CT molecular complexity index is 715. The Balaban J connectivity index is 2.12. The van der Waals surface area contributed by atoms with E-state index in [1.807, 2.05) is 19.1 Å². The number of benzene rings is 1. The second-order valence-electron chi connectivity index (χ2n) is 4.40. The molecule has 5 nitrogen and oxygen atoms in total. The Kier molecular flexibility index (Phi) is 4.15. The molecule has 0 aliphatic heterocycles. The fourth-order valence-corrected chi connectivity index (χ4v) is 2.29. The van der Waals surface area contributed by atoms with E-state index in [0.29, 0.717) is 16.5 Å². The highest BCUT2D eigenvalue weighted by atomic mass is 35.5. The Morgan fingerprint density at radius 1 is 1.15 bits per heavy atom. The number of rotatable bonds is 4. The number of hydrogen-bond donors (Lipinski definition) is 2. The van der Waals surface area contributed by atoms with Gasteiger partial charge in [-0.3, -0.25) is 4.72 Å². The molecular formula is C13H14ClN3O2S. The van der Waals surface area contributed by atoms with Crippen molar-refractivity contribution in [3.8, 4) is 0 Å². The Morgan fingerprint density at radius 3 is 2.40 bits per heavy atom. The molecule has 20 heavy (non-hydrogen) atoms. The van der Waals surface area contributed by atoms with Gasteiger partial charge in [0.1, 0.15) is 5.82 Å². The van der Waals surface area contributed by atoms with E-state index in [1.165, 1.54) is 6.20 Å². The van der Waals surface area contributed by atoms with Gasteiger partial charge in [-0.1, -0.05) is 17.7 Å². The van der Waals surface area contributed by atoms with E-state index >= 15 is 0 Å². The minimum Gasteiger partial charge on any atom is -0.340 e. The maximum absolute atomic E-state index is 11.1. The van der Waals surface area contributed by atoms with Gasteiger partial charge in [-0.15, -0.1) is 0 Å². The second kappa shape index (κ2) is 5.68. The van der Waals surface area contributed by atoms with Crippen molar-refractivity contribution in [2.75, 3.05) is 16.3 Å². The van der Waals surface area contributed by atoms with Crippen LogP contribution in [0.4, 0.5) is 17.2 Å². The molecule has 106 valence electrons. The van der Waals surface area contributed by atoms with E-state index in [2.05, 4.69) is 15.0 Å². The molecule has 0 radical (unpaired) electrons. The summed E-state index contributed by atoms with van der Waals surface area (Å²) in [5.41, 5.74) is 2.23. The molecule has 0 aliphatic rings. The molecule has 2 N–H and O–H groups in total. The molecule has 0 saturated heterocycles. The van der Waals surface area contributed by atoms with Gasteiger partial charge >= 0.3 is 0 Å². The Labute approximate surface area is 123 Å². The highest BCUT2D eigenvalue weighted by Crippen LogP contribution is 2.22. The number of aromatic nitrogens is 1. The predicted octanol–water partition coefficient (Wildman–Crippen LogP) is 3.16. The van der Waals surface area contributed by atoms with E-state index in [1.54, 1.807) is 18.2 Å². The van der Waals surface area contributed by atoms with Crippen molar-refractivity contribution in [1.82, 2.24) is 4.98 Å². The molecule has 0 aliphatic carbocycles. The van der Waals surface area contributed by atoms with Gasteiger partial charge in [-0.05, 0) is 36.8 Å². The molecule has 2 rings (SSSR count). The molecule has 0 bridgehead atoms.